The van der Waals surface area contributed by atoms with Gasteiger partial charge in [-0.1, -0.05) is 12.8 Å². The quantitative estimate of drug-likeness (QED) is 0.796. The van der Waals surface area contributed by atoms with E-state index in [0.717, 1.165) is 31.4 Å². The molecule has 0 aliphatic heterocycles. The lowest BCUT2D eigenvalue weighted by Gasteiger charge is -2.29. The zero-order valence-corrected chi connectivity index (χ0v) is 11.4. The summed E-state index contributed by atoms with van der Waals surface area (Å²) in [6, 6.07) is 1.82. The van der Waals surface area contributed by atoms with Crippen molar-refractivity contribution in [3.8, 4) is 0 Å². The lowest BCUT2D eigenvalue weighted by Crippen LogP contribution is -2.43. The van der Waals surface area contributed by atoms with Crippen LogP contribution in [0.15, 0.2) is 6.07 Å². The van der Waals surface area contributed by atoms with Gasteiger partial charge < -0.3 is 15.8 Å². The Kier molecular flexibility index (Phi) is 3.99. The van der Waals surface area contributed by atoms with Gasteiger partial charge in [-0.15, -0.1) is 0 Å². The van der Waals surface area contributed by atoms with Crippen LogP contribution in [0.4, 0.5) is 5.82 Å². The molecule has 2 rings (SSSR count). The van der Waals surface area contributed by atoms with E-state index in [1.807, 2.05) is 13.0 Å². The highest BCUT2D eigenvalue weighted by Crippen LogP contribution is 2.31. The number of esters is 1. The Hall–Kier alpha value is -1.69. The number of hydrogen-bond acceptors (Lipinski definition) is 6. The molecule has 1 saturated carbocycles. The van der Waals surface area contributed by atoms with Gasteiger partial charge in [0.15, 0.2) is 0 Å². The molecule has 0 saturated heterocycles. The monoisotopic (exact) mass is 264 g/mol. The van der Waals surface area contributed by atoms with E-state index in [1.165, 1.54) is 7.11 Å². The van der Waals surface area contributed by atoms with Gasteiger partial charge in [0, 0.05) is 18.3 Å². The third-order valence-corrected chi connectivity index (χ3v) is 3.57. The maximum atomic E-state index is 11.5. The van der Waals surface area contributed by atoms with Gasteiger partial charge in [-0.05, 0) is 19.8 Å². The minimum Gasteiger partial charge on any atom is -0.463 e. The van der Waals surface area contributed by atoms with E-state index in [9.17, 15) is 4.79 Å². The van der Waals surface area contributed by atoms with Crippen molar-refractivity contribution in [2.24, 2.45) is 5.73 Å². The molecule has 6 heteroatoms. The lowest BCUT2D eigenvalue weighted by molar-refractivity contribution is 0.0586. The molecule has 3 N–H and O–H groups in total. The number of ether oxygens (including phenoxy) is 1. The molecule has 0 aromatic carbocycles. The Morgan fingerprint density at radius 3 is 2.74 bits per heavy atom. The van der Waals surface area contributed by atoms with Gasteiger partial charge in [-0.2, -0.15) is 0 Å². The first-order valence-corrected chi connectivity index (χ1v) is 6.51. The predicted octanol–water partition coefficient (Wildman–Crippen LogP) is 1.26. The highest BCUT2D eigenvalue weighted by atomic mass is 16.5. The normalized spacial score (nSPS) is 17.2. The van der Waals surface area contributed by atoms with Crippen molar-refractivity contribution in [2.45, 2.75) is 38.1 Å². The first kappa shape index (κ1) is 13.7. The van der Waals surface area contributed by atoms with E-state index in [2.05, 4.69) is 20.0 Å². The summed E-state index contributed by atoms with van der Waals surface area (Å²) in [5, 5.41) is 3.38. The van der Waals surface area contributed by atoms with Gasteiger partial charge in [-0.25, -0.2) is 14.8 Å². The van der Waals surface area contributed by atoms with Crippen LogP contribution >= 0.6 is 0 Å². The van der Waals surface area contributed by atoms with E-state index < -0.39 is 5.97 Å². The first-order valence-electron chi connectivity index (χ1n) is 6.51. The van der Waals surface area contributed by atoms with Crippen LogP contribution in [0.3, 0.4) is 0 Å². The number of carbonyl (C=O) groups is 1. The van der Waals surface area contributed by atoms with Crippen LogP contribution in [0.25, 0.3) is 0 Å². The summed E-state index contributed by atoms with van der Waals surface area (Å²) in [7, 11) is 1.32. The standard InChI is InChI=1S/C13H20N4O2/c1-9-7-10(16-11(15-9)12(18)19-2)17-13(8-14)5-3-4-6-13/h7H,3-6,8,14H2,1-2H3,(H,15,16,17). The number of hydrogen-bond donors (Lipinski definition) is 2. The molecule has 0 radical (unpaired) electrons. The van der Waals surface area contributed by atoms with E-state index >= 15 is 0 Å². The van der Waals surface area contributed by atoms with Crippen molar-refractivity contribution in [1.82, 2.24) is 9.97 Å². The summed E-state index contributed by atoms with van der Waals surface area (Å²) in [6.45, 7) is 2.38. The Morgan fingerprint density at radius 1 is 1.47 bits per heavy atom. The number of nitrogens with one attached hydrogen (secondary N) is 1. The van der Waals surface area contributed by atoms with E-state index in [4.69, 9.17) is 5.73 Å². The minimum atomic E-state index is -0.528. The number of anilines is 1. The lowest BCUT2D eigenvalue weighted by atomic mass is 9.98. The third kappa shape index (κ3) is 3.01. The van der Waals surface area contributed by atoms with Crippen LogP contribution in [0.5, 0.6) is 0 Å². The number of aryl methyl sites for hydroxylation is 1. The summed E-state index contributed by atoms with van der Waals surface area (Å²) in [5.74, 6) is 0.190. The molecule has 1 aliphatic carbocycles. The summed E-state index contributed by atoms with van der Waals surface area (Å²) in [6.07, 6.45) is 4.39. The van der Waals surface area contributed by atoms with Crippen LogP contribution in [0, 0.1) is 6.92 Å². The van der Waals surface area contributed by atoms with Gasteiger partial charge >= 0.3 is 5.97 Å². The number of nitrogens with zero attached hydrogens (tertiary/aromatic N) is 2. The zero-order valence-electron chi connectivity index (χ0n) is 11.4. The average Bonchev–Trinajstić information content (AvgIpc) is 2.86. The first-order chi connectivity index (χ1) is 9.08. The smallest absolute Gasteiger partial charge is 0.376 e. The topological polar surface area (TPSA) is 90.1 Å². The SMILES string of the molecule is COC(=O)c1nc(C)cc(NC2(CN)CCCC2)n1. The molecule has 1 aromatic heterocycles. The molecule has 1 aliphatic rings. The van der Waals surface area contributed by atoms with Gasteiger partial charge in [0.2, 0.25) is 5.82 Å². The summed E-state index contributed by atoms with van der Waals surface area (Å²) in [4.78, 5) is 19.8. The number of rotatable bonds is 4. The van der Waals surface area contributed by atoms with E-state index in [0.29, 0.717) is 12.4 Å². The highest BCUT2D eigenvalue weighted by Gasteiger charge is 2.32. The second-order valence-corrected chi connectivity index (χ2v) is 5.03. The predicted molar refractivity (Wildman–Crippen MR) is 72.0 cm³/mol. The summed E-state index contributed by atoms with van der Waals surface area (Å²) in [5.41, 5.74) is 6.50. The van der Waals surface area contributed by atoms with Crippen molar-refractivity contribution in [3.63, 3.8) is 0 Å². The van der Waals surface area contributed by atoms with Gasteiger partial charge in [0.05, 0.1) is 12.6 Å². The van der Waals surface area contributed by atoms with Crippen molar-refractivity contribution in [2.75, 3.05) is 19.0 Å². The van der Waals surface area contributed by atoms with Gasteiger partial charge in [0.1, 0.15) is 5.82 Å². The molecule has 0 spiro atoms. The second-order valence-electron chi connectivity index (χ2n) is 5.03. The van der Waals surface area contributed by atoms with Crippen molar-refractivity contribution in [1.29, 1.82) is 0 Å². The molecule has 19 heavy (non-hydrogen) atoms. The molecule has 1 fully saturated rings. The second kappa shape index (κ2) is 5.52. The fraction of sp³-hybridized carbons (Fsp3) is 0.615. The molecule has 0 atom stereocenters. The van der Waals surface area contributed by atoms with Crippen LogP contribution < -0.4 is 11.1 Å². The largest absolute Gasteiger partial charge is 0.463 e. The van der Waals surface area contributed by atoms with Crippen LogP contribution in [0.2, 0.25) is 0 Å². The van der Waals surface area contributed by atoms with Crippen LogP contribution in [0.1, 0.15) is 42.0 Å². The molecule has 104 valence electrons. The Labute approximate surface area is 112 Å². The molecular weight excluding hydrogens is 244 g/mol. The average molecular weight is 264 g/mol. The van der Waals surface area contributed by atoms with E-state index in [1.54, 1.807) is 0 Å². The van der Waals surface area contributed by atoms with Gasteiger partial charge in [-0.3, -0.25) is 0 Å². The molecular formula is C13H20N4O2. The van der Waals surface area contributed by atoms with Crippen LogP contribution in [-0.4, -0.2) is 35.1 Å². The number of methoxy groups -OCH3 is 1. The fourth-order valence-electron chi connectivity index (χ4n) is 2.52. The Bertz CT molecular complexity index is 470. The Balaban J connectivity index is 2.24. The van der Waals surface area contributed by atoms with Crippen molar-refractivity contribution >= 4 is 11.8 Å². The molecule has 1 aromatic rings. The molecule has 0 bridgehead atoms. The van der Waals surface area contributed by atoms with Crippen molar-refractivity contribution in [3.05, 3.63) is 17.6 Å². The fourth-order valence-corrected chi connectivity index (χ4v) is 2.52. The maximum Gasteiger partial charge on any atom is 0.376 e. The summed E-state index contributed by atoms with van der Waals surface area (Å²) < 4.78 is 4.65. The number of carbonyl (C=O) groups excluding carboxylic acids is 1. The Morgan fingerprint density at radius 2 is 2.16 bits per heavy atom. The third-order valence-electron chi connectivity index (χ3n) is 3.57. The number of aromatic nitrogens is 2. The molecule has 1 heterocycles. The molecule has 0 amide bonds. The molecule has 0 unspecified atom stereocenters. The summed E-state index contributed by atoms with van der Waals surface area (Å²) >= 11 is 0. The van der Waals surface area contributed by atoms with Gasteiger partial charge in [0.25, 0.3) is 0 Å². The van der Waals surface area contributed by atoms with Crippen molar-refractivity contribution < 1.29 is 9.53 Å². The molecule has 6 nitrogen and oxygen atoms in total. The van der Waals surface area contributed by atoms with Crippen LogP contribution in [-0.2, 0) is 4.74 Å². The maximum absolute atomic E-state index is 11.5. The minimum absolute atomic E-state index is 0.0789. The highest BCUT2D eigenvalue weighted by molar-refractivity contribution is 5.85. The number of nitrogens with two attached hydrogens (primary N) is 1. The van der Waals surface area contributed by atoms with E-state index in [-0.39, 0.29) is 11.4 Å². The zero-order chi connectivity index (χ0) is 13.9.